The van der Waals surface area contributed by atoms with E-state index in [1.54, 1.807) is 0 Å². The van der Waals surface area contributed by atoms with Gasteiger partial charge in [0.25, 0.3) is 0 Å². The number of allylic oxidation sites excluding steroid dienone is 2. The van der Waals surface area contributed by atoms with Crippen molar-refractivity contribution in [2.24, 2.45) is 50.2 Å². The van der Waals surface area contributed by atoms with Gasteiger partial charge in [-0.2, -0.15) is 0 Å². The lowest BCUT2D eigenvalue weighted by molar-refractivity contribution is -0.372. The minimum atomic E-state index is -2.09. The van der Waals surface area contributed by atoms with Crippen LogP contribution in [0.25, 0.3) is 0 Å². The minimum Gasteiger partial charge on any atom is -0.432 e. The van der Waals surface area contributed by atoms with Gasteiger partial charge in [-0.25, -0.2) is 0 Å². The maximum Gasteiger partial charge on any atom is 0.317 e. The third-order valence-corrected chi connectivity index (χ3v) is 24.7. The van der Waals surface area contributed by atoms with Gasteiger partial charge in [0.15, 0.2) is 37.6 Å². The maximum atomic E-state index is 15.5. The predicted octanol–water partition coefficient (Wildman–Crippen LogP) is -7.55. The summed E-state index contributed by atoms with van der Waals surface area (Å²) in [6.07, 6.45) is -43.1. The highest BCUT2D eigenvalue weighted by molar-refractivity contribution is 5.80. The van der Waals surface area contributed by atoms with Gasteiger partial charge in [-0.3, -0.25) is 4.79 Å². The van der Waals surface area contributed by atoms with E-state index in [1.807, 2.05) is 6.92 Å². The number of rotatable bonds is 17. The molecule has 6 heterocycles. The number of hydrogen-bond donors (Lipinski definition) is 20. The van der Waals surface area contributed by atoms with Crippen molar-refractivity contribution in [2.45, 2.75) is 271 Å². The highest BCUT2D eigenvalue weighted by Gasteiger charge is 2.74. The van der Waals surface area contributed by atoms with Gasteiger partial charge in [0, 0.05) is 5.41 Å². The first-order valence-electron chi connectivity index (χ1n) is 33.4. The Bertz CT molecular complexity index is 2710. The van der Waals surface area contributed by atoms with Gasteiger partial charge in [0.05, 0.1) is 77.3 Å². The first kappa shape index (κ1) is 75.1. The SMILES string of the molecule is C[C@H]1O[C@H](O[C@@H]2[C@@H](OC(=O)[C@]34CCC(C)(C)C[C@H]3C3=CCC5[C@@]6(C)C[C@H](O)[C@H](O[C@@H]7O[C@H](CO[C@@H]8O[C@H](CO)[C@@H](O)[C@H](O)[C@H]8O)[C@@H](O)[C@H](O)[C@H]7O)C(CO)(CO)C6CC[C@@]5(C)[C@]3(C)C[C@H]4O)OC[C@@H](O)[C@H]2O)[C@@H](O)[C@@H](O)[C@@H]1O[C@H]1OC[C@H](O)[C@@H](O[C@H]2OC[C@@](O)(CO)[C@@H]2O)[C@@H]1O. The molecule has 33 nitrogen and oxygen atoms in total. The monoisotopic (exact) mass is 1390 g/mol. The van der Waals surface area contributed by atoms with Gasteiger partial charge in [0.1, 0.15) is 115 Å². The number of aliphatic hydroxyl groups excluding tert-OH is 19. The van der Waals surface area contributed by atoms with Crippen LogP contribution in [0.1, 0.15) is 92.9 Å². The van der Waals surface area contributed by atoms with Crippen molar-refractivity contribution >= 4 is 5.97 Å². The molecule has 0 aromatic carbocycles. The van der Waals surface area contributed by atoms with Gasteiger partial charge in [-0.1, -0.05) is 46.3 Å². The fourth-order valence-corrected chi connectivity index (χ4v) is 18.8. The van der Waals surface area contributed by atoms with E-state index in [2.05, 4.69) is 33.8 Å². The van der Waals surface area contributed by atoms with Crippen molar-refractivity contribution in [2.75, 3.05) is 52.9 Å². The molecular weight excluding hydrogens is 1280 g/mol. The summed E-state index contributed by atoms with van der Waals surface area (Å²) >= 11 is 0. The Morgan fingerprint density at radius 2 is 1.16 bits per heavy atom. The van der Waals surface area contributed by atoms with Gasteiger partial charge >= 0.3 is 5.97 Å². The normalized spacial score (nSPS) is 54.0. The summed E-state index contributed by atoms with van der Waals surface area (Å²) in [5.74, 6) is -2.50. The molecule has 0 aromatic heterocycles. The zero-order valence-corrected chi connectivity index (χ0v) is 54.5. The van der Waals surface area contributed by atoms with Crippen molar-refractivity contribution in [3.05, 3.63) is 11.6 Å². The molecule has 2 unspecified atom stereocenters. The Morgan fingerprint density at radius 3 is 1.81 bits per heavy atom. The van der Waals surface area contributed by atoms with E-state index < -0.39 is 275 Å². The summed E-state index contributed by atoms with van der Waals surface area (Å²) in [7, 11) is 0. The van der Waals surface area contributed by atoms with Crippen LogP contribution in [-0.2, 0) is 61.6 Å². The zero-order valence-electron chi connectivity index (χ0n) is 54.5. The van der Waals surface area contributed by atoms with Crippen LogP contribution in [0, 0.1) is 50.2 Å². The molecule has 10 fully saturated rings. The van der Waals surface area contributed by atoms with Crippen LogP contribution < -0.4 is 0 Å². The van der Waals surface area contributed by atoms with Crippen LogP contribution in [0.3, 0.4) is 0 Å². The molecule has 33 heteroatoms. The molecule has 552 valence electrons. The van der Waals surface area contributed by atoms with Crippen LogP contribution in [0.2, 0.25) is 0 Å². The molecule has 96 heavy (non-hydrogen) atoms. The quantitative estimate of drug-likeness (QED) is 0.0365. The summed E-state index contributed by atoms with van der Waals surface area (Å²) in [4.78, 5) is 15.5. The molecule has 6 aliphatic heterocycles. The first-order valence-corrected chi connectivity index (χ1v) is 33.4. The van der Waals surface area contributed by atoms with Gasteiger partial charge in [0.2, 0.25) is 6.29 Å². The third-order valence-electron chi connectivity index (χ3n) is 24.7. The number of carbonyl (C=O) groups is 1. The Hall–Kier alpha value is -2.03. The second kappa shape index (κ2) is 27.9. The van der Waals surface area contributed by atoms with E-state index in [1.165, 1.54) is 6.92 Å². The lowest BCUT2D eigenvalue weighted by Crippen LogP contribution is -2.71. The fraction of sp³-hybridized carbons (Fsp3) is 0.952. The van der Waals surface area contributed by atoms with Crippen LogP contribution in [0.4, 0.5) is 0 Å². The number of hydrogen-bond acceptors (Lipinski definition) is 33. The third kappa shape index (κ3) is 12.4. The molecule has 0 aromatic rings. The van der Waals surface area contributed by atoms with E-state index in [9.17, 15) is 102 Å². The zero-order chi connectivity index (χ0) is 70.1. The molecule has 0 radical (unpaired) electrons. The summed E-state index contributed by atoms with van der Waals surface area (Å²) in [5, 5.41) is 221. The van der Waals surface area contributed by atoms with Crippen LogP contribution >= 0.6 is 0 Å². The Labute approximate surface area is 553 Å². The highest BCUT2D eigenvalue weighted by atomic mass is 16.8. The molecular formula is C63H102O33. The molecule has 36 atom stereocenters. The number of aliphatic hydroxyl groups is 20. The smallest absolute Gasteiger partial charge is 0.317 e. The highest BCUT2D eigenvalue weighted by Crippen LogP contribution is 2.76. The van der Waals surface area contributed by atoms with Crippen LogP contribution in [-0.4, -0.2) is 339 Å². The molecule has 11 rings (SSSR count). The molecule has 4 saturated carbocycles. The Morgan fingerprint density at radius 1 is 0.552 bits per heavy atom. The van der Waals surface area contributed by atoms with Gasteiger partial charge in [-0.15, -0.1) is 0 Å². The minimum absolute atomic E-state index is 0.0176. The summed E-state index contributed by atoms with van der Waals surface area (Å²) in [6, 6.07) is 0. The topological polar surface area (TPSA) is 532 Å². The molecule has 0 amide bonds. The number of ether oxygens (including phenoxy) is 12. The first-order chi connectivity index (χ1) is 45.1. The average Bonchev–Trinajstić information content (AvgIpc) is 1.24. The summed E-state index contributed by atoms with van der Waals surface area (Å²) in [5.41, 5.74) is -7.34. The van der Waals surface area contributed by atoms with E-state index >= 15 is 4.79 Å². The lowest BCUT2D eigenvalue weighted by Gasteiger charge is -2.72. The Balaban J connectivity index is 0.793. The fourth-order valence-electron chi connectivity index (χ4n) is 18.8. The van der Waals surface area contributed by atoms with Crippen molar-refractivity contribution < 1.29 is 164 Å². The van der Waals surface area contributed by atoms with Crippen molar-refractivity contribution in [3.63, 3.8) is 0 Å². The van der Waals surface area contributed by atoms with Crippen molar-refractivity contribution in [1.82, 2.24) is 0 Å². The number of esters is 1. The maximum absolute atomic E-state index is 15.5. The van der Waals surface area contributed by atoms with E-state index in [0.717, 1.165) is 5.57 Å². The standard InChI is InChI=1S/C63H102O33/c1-24-45(92-51-44(81)46(29(70)18-85-51)93-55-48(82)62(84,22-67)23-88-55)40(77)43(80)52(89-24)94-47-35(72)28(69)17-86-54(47)96-56(83)63-12-11-57(2,3)13-26(63)25-7-8-32-58(4)14-27(68)49(61(20-65,21-66)33(58)9-10-59(32,5)60(25,6)15-34(63)71)95-53-42(79)39(76)37(74)31(91-53)19-87-50-41(78)38(75)36(73)30(16-64)90-50/h7,24,26-55,64-82,84H,8-23H2,1-6H3/t24-,26+,27+,28-,29+,30-,31-,32?,33?,34-,35-,36-,37-,38+,39+,40-,41-,42-,43+,44+,45-,46-,47+,48-,49+,50-,51-,52-,53+,54-,55-,58-,59-,60-,62+,63-/m1/s1. The summed E-state index contributed by atoms with van der Waals surface area (Å²) < 4.78 is 70.1. The summed E-state index contributed by atoms with van der Waals surface area (Å²) in [6.45, 7) is 6.34. The molecule has 5 aliphatic carbocycles. The van der Waals surface area contributed by atoms with Gasteiger partial charge < -0.3 is 159 Å². The predicted molar refractivity (Wildman–Crippen MR) is 314 cm³/mol. The second-order valence-corrected chi connectivity index (χ2v) is 30.7. The largest absolute Gasteiger partial charge is 0.432 e. The lowest BCUT2D eigenvalue weighted by atomic mass is 9.33. The molecule has 20 N–H and O–H groups in total. The molecule has 0 bridgehead atoms. The van der Waals surface area contributed by atoms with Crippen molar-refractivity contribution in [1.29, 1.82) is 0 Å². The number of carbonyl (C=O) groups excluding carboxylic acids is 1. The van der Waals surface area contributed by atoms with Crippen molar-refractivity contribution in [3.8, 4) is 0 Å². The Kier molecular flexibility index (Phi) is 21.8. The van der Waals surface area contributed by atoms with Crippen LogP contribution in [0.5, 0.6) is 0 Å². The van der Waals surface area contributed by atoms with E-state index in [0.29, 0.717) is 32.1 Å². The van der Waals surface area contributed by atoms with Crippen LogP contribution in [0.15, 0.2) is 11.6 Å². The van der Waals surface area contributed by atoms with Gasteiger partial charge in [-0.05, 0) is 97.7 Å². The number of fused-ring (bicyclic) bond motifs is 7. The molecule has 11 aliphatic rings. The second-order valence-electron chi connectivity index (χ2n) is 30.7. The van der Waals surface area contributed by atoms with E-state index in [-0.39, 0.29) is 30.6 Å². The molecule has 6 saturated heterocycles. The van der Waals surface area contributed by atoms with E-state index in [4.69, 9.17) is 56.8 Å². The average molecular weight is 1390 g/mol. The molecule has 0 spiro atoms.